The Hall–Kier alpha value is -2.59. The number of hydrogen-bond acceptors (Lipinski definition) is 1. The molecule has 1 atom stereocenters. The monoisotopic (exact) mass is 353 g/mol. The molecule has 0 bridgehead atoms. The number of aryl methyl sites for hydroxylation is 1. The first-order chi connectivity index (χ1) is 13.3. The zero-order chi connectivity index (χ0) is 18.6. The van der Waals surface area contributed by atoms with E-state index in [1.165, 1.54) is 66.8 Å². The van der Waals surface area contributed by atoms with Crippen LogP contribution in [0.4, 0.5) is 0 Å². The van der Waals surface area contributed by atoms with Crippen molar-refractivity contribution in [2.45, 2.75) is 51.9 Å². The number of rotatable bonds is 5. The van der Waals surface area contributed by atoms with E-state index in [0.717, 1.165) is 5.92 Å². The van der Waals surface area contributed by atoms with Crippen LogP contribution in [0.25, 0.3) is 21.9 Å². The molecule has 0 saturated heterocycles. The van der Waals surface area contributed by atoms with Crippen LogP contribution < -0.4 is 0 Å². The normalized spacial score (nSPS) is 16.1. The highest BCUT2D eigenvalue weighted by Crippen LogP contribution is 2.35. The molecule has 0 amide bonds. The predicted octanol–water partition coefficient (Wildman–Crippen LogP) is 7.06. The molecule has 136 valence electrons. The smallest absolute Gasteiger partial charge is 0.0991 e. The Morgan fingerprint density at radius 3 is 2.56 bits per heavy atom. The van der Waals surface area contributed by atoms with Crippen LogP contribution >= 0.6 is 0 Å². The summed E-state index contributed by atoms with van der Waals surface area (Å²) in [5, 5.41) is 11.7. The highest BCUT2D eigenvalue weighted by Gasteiger charge is 2.20. The molecule has 1 aliphatic rings. The van der Waals surface area contributed by atoms with Gasteiger partial charge in [0.25, 0.3) is 0 Å². The maximum absolute atomic E-state index is 8.98. The van der Waals surface area contributed by atoms with Gasteiger partial charge >= 0.3 is 0 Å². The van der Waals surface area contributed by atoms with Gasteiger partial charge in [-0.25, -0.2) is 0 Å². The van der Waals surface area contributed by atoms with E-state index in [-0.39, 0.29) is 0 Å². The Labute approximate surface area is 162 Å². The Kier molecular flexibility index (Phi) is 5.26. The minimum Gasteiger partial charge on any atom is -0.192 e. The zero-order valence-corrected chi connectivity index (χ0v) is 16.2. The van der Waals surface area contributed by atoms with Gasteiger partial charge in [0.05, 0.1) is 11.6 Å². The first-order valence-corrected chi connectivity index (χ1v) is 10.3. The number of nitriles is 1. The minimum absolute atomic E-state index is 0.710. The molecule has 1 nitrogen and oxygen atoms in total. The number of unbranched alkanes of at least 4 members (excludes halogenated alkanes) is 2. The molecule has 1 heteroatoms. The molecule has 0 aliphatic heterocycles. The van der Waals surface area contributed by atoms with Crippen molar-refractivity contribution in [3.63, 3.8) is 0 Å². The fraction of sp³-hybridized carbons (Fsp3) is 0.346. The van der Waals surface area contributed by atoms with Crippen molar-refractivity contribution in [3.05, 3.63) is 71.3 Å². The molecular weight excluding hydrogens is 326 g/mol. The Balaban J connectivity index is 1.60. The van der Waals surface area contributed by atoms with Crippen LogP contribution in [0.3, 0.4) is 0 Å². The van der Waals surface area contributed by atoms with Crippen molar-refractivity contribution in [3.8, 4) is 17.2 Å². The average molecular weight is 354 g/mol. The number of benzene rings is 3. The lowest BCUT2D eigenvalue weighted by Gasteiger charge is -2.26. The standard InChI is InChI=1S/C26H27N/c1-2-3-4-5-19-8-14-25-23(16-19)11-12-24-17-22(13-15-26(24)25)21-9-6-20(18-27)7-10-21/h6-7,9-13,15,17,19H,2-5,8,14,16H2,1H3. The lowest BCUT2D eigenvalue weighted by Crippen LogP contribution is -2.14. The summed E-state index contributed by atoms with van der Waals surface area (Å²) < 4.78 is 0. The van der Waals surface area contributed by atoms with Gasteiger partial charge in [0.1, 0.15) is 0 Å². The summed E-state index contributed by atoms with van der Waals surface area (Å²) in [5.41, 5.74) is 6.25. The fourth-order valence-corrected chi connectivity index (χ4v) is 4.53. The SMILES string of the molecule is CCCCCC1CCc2c(ccc3cc(-c4ccc(C#N)cc4)ccc23)C1. The molecule has 0 saturated carbocycles. The van der Waals surface area contributed by atoms with E-state index < -0.39 is 0 Å². The van der Waals surface area contributed by atoms with Crippen LogP contribution in [0.2, 0.25) is 0 Å². The van der Waals surface area contributed by atoms with E-state index in [4.69, 9.17) is 5.26 Å². The number of fused-ring (bicyclic) bond motifs is 3. The van der Waals surface area contributed by atoms with Crippen molar-refractivity contribution < 1.29 is 0 Å². The summed E-state index contributed by atoms with van der Waals surface area (Å²) in [7, 11) is 0. The van der Waals surface area contributed by atoms with Gasteiger partial charge < -0.3 is 0 Å². The molecule has 0 fully saturated rings. The quantitative estimate of drug-likeness (QED) is 0.450. The van der Waals surface area contributed by atoms with Crippen molar-refractivity contribution >= 4 is 10.8 Å². The van der Waals surface area contributed by atoms with Gasteiger partial charge in [0, 0.05) is 0 Å². The lowest BCUT2D eigenvalue weighted by atomic mass is 9.79. The molecule has 0 radical (unpaired) electrons. The van der Waals surface area contributed by atoms with Gasteiger partial charge in [0.2, 0.25) is 0 Å². The average Bonchev–Trinajstić information content (AvgIpc) is 2.73. The molecule has 1 unspecified atom stereocenters. The molecule has 3 aromatic carbocycles. The fourth-order valence-electron chi connectivity index (χ4n) is 4.53. The number of nitrogens with zero attached hydrogens (tertiary/aromatic N) is 1. The largest absolute Gasteiger partial charge is 0.192 e. The van der Waals surface area contributed by atoms with E-state index >= 15 is 0 Å². The molecule has 0 N–H and O–H groups in total. The van der Waals surface area contributed by atoms with Crippen LogP contribution in [0.15, 0.2) is 54.6 Å². The van der Waals surface area contributed by atoms with Crippen LogP contribution in [-0.2, 0) is 12.8 Å². The van der Waals surface area contributed by atoms with E-state index in [9.17, 15) is 0 Å². The van der Waals surface area contributed by atoms with Gasteiger partial charge in [-0.3, -0.25) is 0 Å². The van der Waals surface area contributed by atoms with Gasteiger partial charge in [-0.1, -0.05) is 69.0 Å². The van der Waals surface area contributed by atoms with Crippen LogP contribution in [0, 0.1) is 17.2 Å². The van der Waals surface area contributed by atoms with Gasteiger partial charge in [-0.15, -0.1) is 0 Å². The zero-order valence-electron chi connectivity index (χ0n) is 16.2. The summed E-state index contributed by atoms with van der Waals surface area (Å²) >= 11 is 0. The van der Waals surface area contributed by atoms with Crippen molar-refractivity contribution in [1.29, 1.82) is 5.26 Å². The third-order valence-electron chi connectivity index (χ3n) is 6.10. The lowest BCUT2D eigenvalue weighted by molar-refractivity contribution is 0.409. The molecule has 0 spiro atoms. The molecular formula is C26H27N. The van der Waals surface area contributed by atoms with Crippen LogP contribution in [0.5, 0.6) is 0 Å². The Morgan fingerprint density at radius 2 is 1.78 bits per heavy atom. The third-order valence-corrected chi connectivity index (χ3v) is 6.10. The minimum atomic E-state index is 0.710. The third kappa shape index (κ3) is 3.76. The second kappa shape index (κ2) is 7.97. The van der Waals surface area contributed by atoms with Crippen molar-refractivity contribution in [2.75, 3.05) is 0 Å². The van der Waals surface area contributed by atoms with Crippen molar-refractivity contribution in [2.24, 2.45) is 5.92 Å². The molecule has 27 heavy (non-hydrogen) atoms. The second-order valence-electron chi connectivity index (χ2n) is 7.93. The molecule has 3 aromatic rings. The van der Waals surface area contributed by atoms with E-state index in [1.807, 2.05) is 24.3 Å². The Morgan fingerprint density at radius 1 is 0.963 bits per heavy atom. The predicted molar refractivity (Wildman–Crippen MR) is 114 cm³/mol. The highest BCUT2D eigenvalue weighted by atomic mass is 14.2. The molecule has 1 aliphatic carbocycles. The maximum Gasteiger partial charge on any atom is 0.0991 e. The molecule has 0 aromatic heterocycles. The van der Waals surface area contributed by atoms with E-state index in [2.05, 4.69) is 43.3 Å². The van der Waals surface area contributed by atoms with Gasteiger partial charge in [-0.2, -0.15) is 5.26 Å². The summed E-state index contributed by atoms with van der Waals surface area (Å²) in [5.74, 6) is 0.874. The maximum atomic E-state index is 8.98. The summed E-state index contributed by atoms with van der Waals surface area (Å²) in [6.45, 7) is 2.29. The summed E-state index contributed by atoms with van der Waals surface area (Å²) in [6.07, 6.45) is 9.29. The Bertz CT molecular complexity index is 976. The van der Waals surface area contributed by atoms with Crippen LogP contribution in [0.1, 0.15) is 55.7 Å². The van der Waals surface area contributed by atoms with E-state index in [1.54, 1.807) is 11.1 Å². The van der Waals surface area contributed by atoms with Gasteiger partial charge in [-0.05, 0) is 76.4 Å². The molecule has 0 heterocycles. The van der Waals surface area contributed by atoms with Crippen LogP contribution in [-0.4, -0.2) is 0 Å². The summed E-state index contributed by atoms with van der Waals surface area (Å²) in [4.78, 5) is 0. The topological polar surface area (TPSA) is 23.8 Å². The number of hydrogen-bond donors (Lipinski definition) is 0. The first-order valence-electron chi connectivity index (χ1n) is 10.3. The van der Waals surface area contributed by atoms with E-state index in [0.29, 0.717) is 5.56 Å². The summed E-state index contributed by atoms with van der Waals surface area (Å²) in [6, 6.07) is 21.6. The first kappa shape index (κ1) is 17.8. The second-order valence-corrected chi connectivity index (χ2v) is 7.93. The van der Waals surface area contributed by atoms with Gasteiger partial charge in [0.15, 0.2) is 0 Å². The van der Waals surface area contributed by atoms with Crippen molar-refractivity contribution in [1.82, 2.24) is 0 Å². The molecule has 4 rings (SSSR count). The highest BCUT2D eigenvalue weighted by molar-refractivity contribution is 5.91.